The second-order valence-corrected chi connectivity index (χ2v) is 5.65. The summed E-state index contributed by atoms with van der Waals surface area (Å²) in [5.41, 5.74) is 1.75. The van der Waals surface area contributed by atoms with Gasteiger partial charge < -0.3 is 5.32 Å². The minimum absolute atomic E-state index is 0.402. The van der Waals surface area contributed by atoms with E-state index in [1.807, 2.05) is 24.3 Å². The molecule has 90 valence electrons. The molecule has 3 rings (SSSR count). The van der Waals surface area contributed by atoms with E-state index >= 15 is 0 Å². The van der Waals surface area contributed by atoms with Crippen molar-refractivity contribution in [1.29, 1.82) is 5.26 Å². The molecule has 1 aliphatic carbocycles. The van der Waals surface area contributed by atoms with Crippen LogP contribution >= 0.6 is 11.3 Å². The molecule has 0 bridgehead atoms. The van der Waals surface area contributed by atoms with Gasteiger partial charge >= 0.3 is 0 Å². The van der Waals surface area contributed by atoms with Crippen LogP contribution in [0, 0.1) is 17.2 Å². The van der Waals surface area contributed by atoms with Crippen LogP contribution in [0.2, 0.25) is 0 Å². The van der Waals surface area contributed by atoms with Crippen molar-refractivity contribution in [2.75, 3.05) is 5.32 Å². The topological polar surface area (TPSA) is 35.8 Å². The normalized spacial score (nSPS) is 15.9. The third-order valence-electron chi connectivity index (χ3n) is 3.26. The van der Waals surface area contributed by atoms with E-state index in [9.17, 15) is 0 Å². The average molecular weight is 254 g/mol. The van der Waals surface area contributed by atoms with Crippen LogP contribution in [0.3, 0.4) is 0 Å². The predicted molar refractivity (Wildman–Crippen MR) is 74.6 cm³/mol. The highest BCUT2D eigenvalue weighted by molar-refractivity contribution is 7.10. The van der Waals surface area contributed by atoms with Crippen molar-refractivity contribution < 1.29 is 0 Å². The van der Waals surface area contributed by atoms with Crippen molar-refractivity contribution in [3.8, 4) is 6.07 Å². The Balaban J connectivity index is 1.82. The van der Waals surface area contributed by atoms with E-state index in [0.29, 0.717) is 11.6 Å². The van der Waals surface area contributed by atoms with Gasteiger partial charge in [-0.2, -0.15) is 5.26 Å². The number of rotatable bonds is 4. The zero-order valence-electron chi connectivity index (χ0n) is 9.97. The molecule has 0 amide bonds. The molecule has 1 unspecified atom stereocenters. The molecule has 1 fully saturated rings. The van der Waals surface area contributed by atoms with Crippen LogP contribution in [-0.2, 0) is 0 Å². The van der Waals surface area contributed by atoms with Crippen LogP contribution in [0.4, 0.5) is 5.69 Å². The third kappa shape index (κ3) is 2.39. The van der Waals surface area contributed by atoms with E-state index in [1.165, 1.54) is 17.7 Å². The SMILES string of the molecule is N#Cc1cccc(NC(c2cccs2)C2CC2)c1. The molecular weight excluding hydrogens is 240 g/mol. The molecule has 18 heavy (non-hydrogen) atoms. The molecule has 1 heterocycles. The monoisotopic (exact) mass is 254 g/mol. The van der Waals surface area contributed by atoms with Gasteiger partial charge in [-0.15, -0.1) is 11.3 Å². The summed E-state index contributed by atoms with van der Waals surface area (Å²) < 4.78 is 0. The van der Waals surface area contributed by atoms with Gasteiger partial charge in [0, 0.05) is 10.6 Å². The van der Waals surface area contributed by atoms with Gasteiger partial charge in [0.25, 0.3) is 0 Å². The molecule has 0 aliphatic heterocycles. The van der Waals surface area contributed by atoms with Gasteiger partial charge in [0.2, 0.25) is 0 Å². The number of hydrogen-bond donors (Lipinski definition) is 1. The first kappa shape index (κ1) is 11.3. The molecule has 2 aromatic rings. The van der Waals surface area contributed by atoms with Gasteiger partial charge in [-0.1, -0.05) is 12.1 Å². The van der Waals surface area contributed by atoms with E-state index in [4.69, 9.17) is 5.26 Å². The molecule has 0 radical (unpaired) electrons. The van der Waals surface area contributed by atoms with Gasteiger partial charge in [-0.3, -0.25) is 0 Å². The first-order valence-corrected chi connectivity index (χ1v) is 7.05. The Morgan fingerprint density at radius 2 is 2.17 bits per heavy atom. The van der Waals surface area contributed by atoms with Crippen molar-refractivity contribution >= 4 is 17.0 Å². The second kappa shape index (κ2) is 4.83. The van der Waals surface area contributed by atoms with Gasteiger partial charge in [0.05, 0.1) is 17.7 Å². The predicted octanol–water partition coefficient (Wildman–Crippen LogP) is 4.18. The number of nitrogens with one attached hydrogen (secondary N) is 1. The highest BCUT2D eigenvalue weighted by Gasteiger charge is 2.32. The van der Waals surface area contributed by atoms with Crippen LogP contribution in [0.25, 0.3) is 0 Å². The van der Waals surface area contributed by atoms with E-state index < -0.39 is 0 Å². The van der Waals surface area contributed by atoms with Crippen LogP contribution < -0.4 is 5.32 Å². The van der Waals surface area contributed by atoms with Crippen molar-refractivity contribution in [3.05, 3.63) is 52.2 Å². The van der Waals surface area contributed by atoms with Crippen LogP contribution in [0.1, 0.15) is 29.3 Å². The molecule has 1 aliphatic rings. The smallest absolute Gasteiger partial charge is 0.0992 e. The number of nitrogens with zero attached hydrogens (tertiary/aromatic N) is 1. The summed E-state index contributed by atoms with van der Waals surface area (Å²) >= 11 is 1.80. The average Bonchev–Trinajstić information content (AvgIpc) is 3.11. The maximum Gasteiger partial charge on any atom is 0.0992 e. The Labute approximate surface area is 111 Å². The van der Waals surface area contributed by atoms with E-state index in [2.05, 4.69) is 28.9 Å². The summed E-state index contributed by atoms with van der Waals surface area (Å²) in [6.07, 6.45) is 2.60. The first-order chi connectivity index (χ1) is 8.86. The maximum atomic E-state index is 8.93. The number of nitriles is 1. The first-order valence-electron chi connectivity index (χ1n) is 6.17. The summed E-state index contributed by atoms with van der Waals surface area (Å²) in [5.74, 6) is 0.745. The Bertz CT molecular complexity index is 564. The van der Waals surface area contributed by atoms with Gasteiger partial charge in [-0.25, -0.2) is 0 Å². The number of thiophene rings is 1. The van der Waals surface area contributed by atoms with Gasteiger partial charge in [-0.05, 0) is 48.4 Å². The molecular formula is C15H14N2S. The Hall–Kier alpha value is -1.79. The molecule has 0 saturated heterocycles. The summed E-state index contributed by atoms with van der Waals surface area (Å²) in [6.45, 7) is 0. The highest BCUT2D eigenvalue weighted by Crippen LogP contribution is 2.44. The molecule has 2 nitrogen and oxygen atoms in total. The maximum absolute atomic E-state index is 8.93. The molecule has 1 aromatic carbocycles. The molecule has 1 N–H and O–H groups in total. The van der Waals surface area contributed by atoms with E-state index in [-0.39, 0.29) is 0 Å². The highest BCUT2D eigenvalue weighted by atomic mass is 32.1. The van der Waals surface area contributed by atoms with Gasteiger partial charge in [0.15, 0.2) is 0 Å². The zero-order valence-corrected chi connectivity index (χ0v) is 10.8. The lowest BCUT2D eigenvalue weighted by molar-refractivity contribution is 0.691. The summed E-state index contributed by atoms with van der Waals surface area (Å²) in [4.78, 5) is 1.39. The van der Waals surface area contributed by atoms with Crippen molar-refractivity contribution in [1.82, 2.24) is 0 Å². The van der Waals surface area contributed by atoms with Crippen LogP contribution in [0.15, 0.2) is 41.8 Å². The van der Waals surface area contributed by atoms with Gasteiger partial charge in [0.1, 0.15) is 0 Å². The Morgan fingerprint density at radius 3 is 2.83 bits per heavy atom. The third-order valence-corrected chi connectivity index (χ3v) is 4.21. The lowest BCUT2D eigenvalue weighted by atomic mass is 10.1. The van der Waals surface area contributed by atoms with Crippen molar-refractivity contribution in [2.24, 2.45) is 5.92 Å². The van der Waals surface area contributed by atoms with Crippen LogP contribution in [-0.4, -0.2) is 0 Å². The fourth-order valence-corrected chi connectivity index (χ4v) is 3.05. The minimum atomic E-state index is 0.402. The Morgan fingerprint density at radius 1 is 1.28 bits per heavy atom. The fourth-order valence-electron chi connectivity index (χ4n) is 2.18. The lowest BCUT2D eigenvalue weighted by Crippen LogP contribution is -2.11. The molecule has 1 atom stereocenters. The van der Waals surface area contributed by atoms with Crippen molar-refractivity contribution in [2.45, 2.75) is 18.9 Å². The second-order valence-electron chi connectivity index (χ2n) is 4.67. The standard InChI is InChI=1S/C15H14N2S/c16-10-11-3-1-4-13(9-11)17-15(12-6-7-12)14-5-2-8-18-14/h1-5,8-9,12,15,17H,6-7H2. The van der Waals surface area contributed by atoms with Crippen LogP contribution in [0.5, 0.6) is 0 Å². The van der Waals surface area contributed by atoms with E-state index in [1.54, 1.807) is 11.3 Å². The zero-order chi connectivity index (χ0) is 12.4. The quantitative estimate of drug-likeness (QED) is 0.888. The molecule has 3 heteroatoms. The molecule has 1 aromatic heterocycles. The summed E-state index contributed by atoms with van der Waals surface area (Å²) in [6, 6.07) is 14.6. The number of hydrogen-bond acceptors (Lipinski definition) is 3. The molecule has 0 spiro atoms. The number of anilines is 1. The molecule has 1 saturated carbocycles. The van der Waals surface area contributed by atoms with E-state index in [0.717, 1.165) is 11.6 Å². The Kier molecular flexibility index (Phi) is 3.04. The minimum Gasteiger partial charge on any atom is -0.377 e. The largest absolute Gasteiger partial charge is 0.377 e. The van der Waals surface area contributed by atoms with Crippen molar-refractivity contribution in [3.63, 3.8) is 0 Å². The lowest BCUT2D eigenvalue weighted by Gasteiger charge is -2.18. The summed E-state index contributed by atoms with van der Waals surface area (Å²) in [5, 5.41) is 14.6. The number of benzene rings is 1. The fraction of sp³-hybridized carbons (Fsp3) is 0.267. The summed E-state index contributed by atoms with van der Waals surface area (Å²) in [7, 11) is 0.